The Morgan fingerprint density at radius 3 is 0.938 bits per heavy atom. The molecule has 6 N–H and O–H groups in total. The van der Waals surface area contributed by atoms with Crippen LogP contribution in [0, 0.1) is 60.7 Å². The van der Waals surface area contributed by atoms with Gasteiger partial charge in [0.2, 0.25) is 11.6 Å². The fourth-order valence-electron chi connectivity index (χ4n) is 1.94. The molecule has 0 radical (unpaired) electrons. The molecule has 26 heteroatoms. The summed E-state index contributed by atoms with van der Waals surface area (Å²) in [5, 5.41) is 75.2. The SMILES string of the molecule is O.O.O=[N+]([O-])C(c1nc(-c2n[nH]c(C([N+](=O)[O-])([N+](=O)[O-])[N+](=O)[O-])n2)n[nH]1)([N+](=O)[O-])[N+](=O)[O-]. The van der Waals surface area contributed by atoms with E-state index in [1.165, 1.54) is 10.2 Å². The van der Waals surface area contributed by atoms with Gasteiger partial charge in [-0.15, -0.1) is 10.2 Å². The van der Waals surface area contributed by atoms with Crippen LogP contribution in [0.5, 0.6) is 0 Å². The maximum absolute atomic E-state index is 11.0. The summed E-state index contributed by atoms with van der Waals surface area (Å²) in [5.41, 5.74) is 0. The summed E-state index contributed by atoms with van der Waals surface area (Å²) in [6.07, 6.45) is 0. The van der Waals surface area contributed by atoms with Crippen LogP contribution in [0.15, 0.2) is 0 Å². The number of aromatic amines is 2. The van der Waals surface area contributed by atoms with E-state index in [-0.39, 0.29) is 11.0 Å². The second-order valence-corrected chi connectivity index (χ2v) is 4.83. The van der Waals surface area contributed by atoms with Crippen LogP contribution < -0.4 is 0 Å². The second-order valence-electron chi connectivity index (χ2n) is 4.83. The number of nitro groups is 6. The Morgan fingerprint density at radius 2 is 0.750 bits per heavy atom. The maximum atomic E-state index is 11.0. The minimum Gasteiger partial charge on any atom is -0.412 e. The highest BCUT2D eigenvalue weighted by molar-refractivity contribution is 5.41. The first-order valence-corrected chi connectivity index (χ1v) is 6.57. The van der Waals surface area contributed by atoms with E-state index in [0.717, 1.165) is 0 Å². The third-order valence-corrected chi connectivity index (χ3v) is 3.33. The number of rotatable bonds is 9. The van der Waals surface area contributed by atoms with E-state index in [1.54, 1.807) is 0 Å². The molecule has 0 unspecified atom stereocenters. The van der Waals surface area contributed by atoms with Crippen LogP contribution in [0.3, 0.4) is 0 Å². The molecule has 26 nitrogen and oxygen atoms in total. The van der Waals surface area contributed by atoms with E-state index in [2.05, 4.69) is 20.2 Å². The first-order valence-electron chi connectivity index (χ1n) is 6.57. The number of aromatic nitrogens is 6. The first kappa shape index (κ1) is 26.6. The van der Waals surface area contributed by atoms with Gasteiger partial charge in [-0.25, -0.2) is 10.2 Å². The van der Waals surface area contributed by atoms with Crippen molar-refractivity contribution >= 4 is 0 Å². The van der Waals surface area contributed by atoms with Crippen molar-refractivity contribution in [2.45, 2.75) is 11.6 Å². The summed E-state index contributed by atoms with van der Waals surface area (Å²) in [5.74, 6) is -13.6. The molecule has 0 saturated carbocycles. The van der Waals surface area contributed by atoms with Gasteiger partial charge in [0.1, 0.15) is 0 Å². The average Bonchev–Trinajstić information content (AvgIpc) is 3.23. The Balaban J connectivity index is 0.00000480. The summed E-state index contributed by atoms with van der Waals surface area (Å²) in [6.45, 7) is 0. The van der Waals surface area contributed by atoms with Gasteiger partial charge in [-0.3, -0.25) is 60.7 Å². The highest BCUT2D eigenvalue weighted by Gasteiger charge is 2.77. The zero-order valence-electron chi connectivity index (χ0n) is 14.4. The van der Waals surface area contributed by atoms with E-state index >= 15 is 0 Å². The lowest BCUT2D eigenvalue weighted by Gasteiger charge is -2.04. The van der Waals surface area contributed by atoms with Gasteiger partial charge in [0.05, 0.1) is 0 Å². The van der Waals surface area contributed by atoms with Crippen LogP contribution >= 0.6 is 0 Å². The minimum absolute atomic E-state index is 0. The monoisotopic (exact) mass is 470 g/mol. The molecule has 0 bridgehead atoms. The van der Waals surface area contributed by atoms with Gasteiger partial charge in [0.15, 0.2) is 29.5 Å². The number of nitrogens with one attached hydrogen (secondary N) is 2. The molecule has 0 aliphatic heterocycles. The van der Waals surface area contributed by atoms with Crippen molar-refractivity contribution in [1.82, 2.24) is 30.4 Å². The van der Waals surface area contributed by atoms with Crippen molar-refractivity contribution in [3.63, 3.8) is 0 Å². The molecule has 0 fully saturated rings. The van der Waals surface area contributed by atoms with Gasteiger partial charge in [-0.05, 0) is 0 Å². The van der Waals surface area contributed by atoms with Gasteiger partial charge in [-0.2, -0.15) is 9.97 Å². The van der Waals surface area contributed by atoms with E-state index in [9.17, 15) is 60.7 Å². The molecule has 0 atom stereocenters. The largest absolute Gasteiger partial charge is 0.762 e. The van der Waals surface area contributed by atoms with Crippen molar-refractivity contribution < 1.29 is 40.5 Å². The smallest absolute Gasteiger partial charge is 0.412 e. The number of H-pyrrole nitrogens is 2. The topological polar surface area (TPSA) is 405 Å². The van der Waals surface area contributed by atoms with Crippen molar-refractivity contribution in [2.24, 2.45) is 0 Å². The second kappa shape index (κ2) is 8.54. The molecule has 2 aromatic heterocycles. The minimum atomic E-state index is -4.24. The molecule has 0 aliphatic rings. The Hall–Kier alpha value is -5.40. The number of hydrogen-bond donors (Lipinski definition) is 2. The Morgan fingerprint density at radius 1 is 0.531 bits per heavy atom. The van der Waals surface area contributed by atoms with Gasteiger partial charge >= 0.3 is 23.2 Å². The summed E-state index contributed by atoms with van der Waals surface area (Å²) in [4.78, 5) is 60.6. The third kappa shape index (κ3) is 3.28. The van der Waals surface area contributed by atoms with Crippen LogP contribution in [-0.4, -0.2) is 70.9 Å². The number of nitrogens with zero attached hydrogens (tertiary/aromatic N) is 10. The average molecular weight is 470 g/mol. The van der Waals surface area contributed by atoms with Gasteiger partial charge < -0.3 is 11.0 Å². The Kier molecular flexibility index (Phi) is 7.10. The van der Waals surface area contributed by atoms with Crippen molar-refractivity contribution in [3.05, 3.63) is 72.3 Å². The predicted molar refractivity (Wildman–Crippen MR) is 84.3 cm³/mol. The summed E-state index contributed by atoms with van der Waals surface area (Å²) < 4.78 is 0. The lowest BCUT2D eigenvalue weighted by atomic mass is 10.3. The van der Waals surface area contributed by atoms with E-state index in [0.29, 0.717) is 0 Å². The first-order chi connectivity index (χ1) is 13.8. The summed E-state index contributed by atoms with van der Waals surface area (Å²) >= 11 is 0. The molecule has 2 rings (SSSR count). The molecule has 0 amide bonds. The van der Waals surface area contributed by atoms with Gasteiger partial charge in [0.25, 0.3) is 0 Å². The molecule has 0 saturated heterocycles. The molecule has 0 spiro atoms. The molecular weight excluding hydrogens is 464 g/mol. The molecule has 32 heavy (non-hydrogen) atoms. The van der Waals surface area contributed by atoms with Crippen LogP contribution in [0.25, 0.3) is 11.6 Å². The summed E-state index contributed by atoms with van der Waals surface area (Å²) in [7, 11) is 0. The van der Waals surface area contributed by atoms with Crippen LogP contribution in [0.4, 0.5) is 0 Å². The fourth-order valence-corrected chi connectivity index (χ4v) is 1.94. The predicted octanol–water partition coefficient (Wildman–Crippen LogP) is -4.18. The Labute approximate surface area is 167 Å². The van der Waals surface area contributed by atoms with Crippen LogP contribution in [0.2, 0.25) is 0 Å². The molecule has 2 aromatic rings. The lowest BCUT2D eigenvalue weighted by molar-refractivity contribution is -0.987. The van der Waals surface area contributed by atoms with E-state index in [1.807, 2.05) is 0 Å². The molecule has 0 aromatic carbocycles. The third-order valence-electron chi connectivity index (χ3n) is 3.33. The molecule has 174 valence electrons. The highest BCUT2D eigenvalue weighted by Crippen LogP contribution is 2.27. The van der Waals surface area contributed by atoms with E-state index in [4.69, 9.17) is 0 Å². The Bertz CT molecular complexity index is 943. The summed E-state index contributed by atoms with van der Waals surface area (Å²) in [6, 6.07) is 0. The fraction of sp³-hybridized carbons (Fsp3) is 0.333. The van der Waals surface area contributed by atoms with Crippen molar-refractivity contribution in [2.75, 3.05) is 0 Å². The molecular formula is C6H6N12O14. The lowest BCUT2D eigenvalue weighted by Crippen LogP contribution is -2.51. The number of hydrogen-bond acceptors (Lipinski definition) is 16. The van der Waals surface area contributed by atoms with Gasteiger partial charge in [0, 0.05) is 0 Å². The molecule has 2 heterocycles. The van der Waals surface area contributed by atoms with E-state index < -0.39 is 64.4 Å². The van der Waals surface area contributed by atoms with Crippen molar-refractivity contribution in [3.8, 4) is 11.6 Å². The standard InChI is InChI=1S/C6H2N12O12.2H2O/c19-13(20)5(14(21)22,15(23)24)3-7-1(9-11-3)2-8-4(12-10-2)6(16(25)26,17(27)28)18(29)30;;/h(H,7,9,11)(H,8,10,12);2*1H2. The highest BCUT2D eigenvalue weighted by atomic mass is 16.7. The zero-order valence-corrected chi connectivity index (χ0v) is 14.4. The normalized spacial score (nSPS) is 10.9. The zero-order chi connectivity index (χ0) is 23.0. The van der Waals surface area contributed by atoms with Crippen LogP contribution in [-0.2, 0) is 11.6 Å². The molecule has 0 aliphatic carbocycles. The quantitative estimate of drug-likeness (QED) is 0.199. The van der Waals surface area contributed by atoms with Crippen LogP contribution in [0.1, 0.15) is 11.6 Å². The maximum Gasteiger partial charge on any atom is 0.762 e. The van der Waals surface area contributed by atoms with Crippen molar-refractivity contribution in [1.29, 1.82) is 0 Å². The van der Waals surface area contributed by atoms with Gasteiger partial charge in [-0.1, -0.05) is 0 Å².